The fourth-order valence-corrected chi connectivity index (χ4v) is 1.63. The van der Waals surface area contributed by atoms with E-state index in [9.17, 15) is 19.5 Å². The van der Waals surface area contributed by atoms with E-state index in [1.54, 1.807) is 41.8 Å². The Morgan fingerprint density at radius 3 is 1.95 bits per heavy atom. The molecule has 0 bridgehead atoms. The second-order valence-corrected chi connectivity index (χ2v) is 5.75. The summed E-state index contributed by atoms with van der Waals surface area (Å²) in [6, 6.07) is 0. The number of carboxylic acids is 1. The smallest absolute Gasteiger partial charge is 0.310 e. The summed E-state index contributed by atoms with van der Waals surface area (Å²) in [5.41, 5.74) is -1.12. The van der Waals surface area contributed by atoms with Crippen LogP contribution >= 0.6 is 0 Å². The van der Waals surface area contributed by atoms with Crippen LogP contribution in [0.25, 0.3) is 0 Å². The molecule has 0 aliphatic carbocycles. The van der Waals surface area contributed by atoms with Crippen molar-refractivity contribution in [3.63, 3.8) is 0 Å². The molecule has 0 aromatic carbocycles. The molecule has 1 N–H and O–H groups in total. The number of rotatable bonds is 7. The molecule has 0 aliphatic heterocycles. The van der Waals surface area contributed by atoms with Gasteiger partial charge >= 0.3 is 5.97 Å². The van der Waals surface area contributed by atoms with Gasteiger partial charge in [-0.1, -0.05) is 13.8 Å². The van der Waals surface area contributed by atoms with Gasteiger partial charge in [-0.05, 0) is 19.8 Å². The molecule has 20 heavy (non-hydrogen) atoms. The van der Waals surface area contributed by atoms with Gasteiger partial charge in [-0.3, -0.25) is 14.4 Å². The average Bonchev–Trinajstić information content (AvgIpc) is 2.34. The fraction of sp³-hybridized carbons (Fsp3) is 0.786. The molecule has 0 rings (SSSR count). The fourth-order valence-electron chi connectivity index (χ4n) is 1.63. The van der Waals surface area contributed by atoms with Crippen molar-refractivity contribution in [2.75, 3.05) is 27.2 Å². The second kappa shape index (κ2) is 7.26. The summed E-state index contributed by atoms with van der Waals surface area (Å²) in [6.07, 6.45) is -0.103. The molecular formula is C14H26N2O4. The van der Waals surface area contributed by atoms with Gasteiger partial charge in [0.2, 0.25) is 11.8 Å². The quantitative estimate of drug-likeness (QED) is 0.759. The van der Waals surface area contributed by atoms with Gasteiger partial charge in [0.1, 0.15) is 0 Å². The maximum Gasteiger partial charge on any atom is 0.310 e. The summed E-state index contributed by atoms with van der Waals surface area (Å²) in [7, 11) is 3.24. The van der Waals surface area contributed by atoms with E-state index in [1.165, 1.54) is 9.80 Å². The Labute approximate surface area is 120 Å². The largest absolute Gasteiger partial charge is 0.481 e. The van der Waals surface area contributed by atoms with Crippen LogP contribution in [-0.2, 0) is 14.4 Å². The number of aliphatic carboxylic acids is 1. The zero-order valence-corrected chi connectivity index (χ0v) is 13.3. The molecule has 0 heterocycles. The minimum absolute atomic E-state index is 0.0177. The molecule has 0 saturated carbocycles. The van der Waals surface area contributed by atoms with Crippen LogP contribution in [0.1, 0.15) is 34.1 Å². The van der Waals surface area contributed by atoms with Crippen LogP contribution < -0.4 is 0 Å². The molecule has 0 aromatic rings. The zero-order chi connectivity index (χ0) is 16.1. The predicted octanol–water partition coefficient (Wildman–Crippen LogP) is 1.06. The standard InChI is InChI=1S/C14H26N2O4/c1-7-16(9-12(18)15(5)6)11(17)8-14(4,10(2)3)13(19)20/h10H,7-9H2,1-6H3,(H,19,20). The van der Waals surface area contributed by atoms with Crippen molar-refractivity contribution in [3.8, 4) is 0 Å². The SMILES string of the molecule is CCN(CC(=O)N(C)C)C(=O)CC(C)(C(=O)O)C(C)C. The van der Waals surface area contributed by atoms with E-state index >= 15 is 0 Å². The molecule has 2 amide bonds. The molecule has 0 spiro atoms. The first-order valence-electron chi connectivity index (χ1n) is 6.77. The molecule has 6 nitrogen and oxygen atoms in total. The highest BCUT2D eigenvalue weighted by molar-refractivity contribution is 5.88. The lowest BCUT2D eigenvalue weighted by Gasteiger charge is -2.31. The van der Waals surface area contributed by atoms with E-state index in [1.807, 2.05) is 0 Å². The van der Waals surface area contributed by atoms with Crippen LogP contribution in [-0.4, -0.2) is 59.9 Å². The van der Waals surface area contributed by atoms with E-state index < -0.39 is 11.4 Å². The number of hydrogen-bond donors (Lipinski definition) is 1. The lowest BCUT2D eigenvalue weighted by atomic mass is 9.76. The maximum absolute atomic E-state index is 12.2. The molecule has 0 saturated heterocycles. The van der Waals surface area contributed by atoms with E-state index in [0.717, 1.165) is 0 Å². The lowest BCUT2D eigenvalue weighted by molar-refractivity contribution is -0.155. The highest BCUT2D eigenvalue weighted by Crippen LogP contribution is 2.32. The minimum Gasteiger partial charge on any atom is -0.481 e. The number of carboxylic acid groups (broad SMARTS) is 1. The summed E-state index contributed by atoms with van der Waals surface area (Å²) in [5.74, 6) is -1.65. The third-order valence-electron chi connectivity index (χ3n) is 3.84. The van der Waals surface area contributed by atoms with Gasteiger partial charge in [-0.25, -0.2) is 0 Å². The zero-order valence-electron chi connectivity index (χ0n) is 13.3. The number of carbonyl (C=O) groups is 3. The monoisotopic (exact) mass is 286 g/mol. The number of amides is 2. The van der Waals surface area contributed by atoms with Gasteiger partial charge in [0.15, 0.2) is 0 Å². The van der Waals surface area contributed by atoms with Gasteiger partial charge in [0, 0.05) is 27.1 Å². The molecular weight excluding hydrogens is 260 g/mol. The molecule has 0 aliphatic rings. The van der Waals surface area contributed by atoms with Gasteiger partial charge in [0.05, 0.1) is 12.0 Å². The third-order valence-corrected chi connectivity index (χ3v) is 3.84. The lowest BCUT2D eigenvalue weighted by Crippen LogP contribution is -2.44. The molecule has 0 aromatic heterocycles. The predicted molar refractivity (Wildman–Crippen MR) is 76.1 cm³/mol. The molecule has 0 radical (unpaired) electrons. The average molecular weight is 286 g/mol. The van der Waals surface area contributed by atoms with Crippen molar-refractivity contribution in [2.45, 2.75) is 34.1 Å². The van der Waals surface area contributed by atoms with Crippen LogP contribution in [0.15, 0.2) is 0 Å². The Hall–Kier alpha value is -1.59. The Bertz CT molecular complexity index is 379. The third kappa shape index (κ3) is 4.51. The normalized spacial score (nSPS) is 13.8. The van der Waals surface area contributed by atoms with Crippen molar-refractivity contribution in [1.82, 2.24) is 9.80 Å². The second-order valence-electron chi connectivity index (χ2n) is 5.75. The summed E-state index contributed by atoms with van der Waals surface area (Å²) < 4.78 is 0. The summed E-state index contributed by atoms with van der Waals surface area (Å²) in [6.45, 7) is 7.27. The Morgan fingerprint density at radius 1 is 1.15 bits per heavy atom. The first-order chi connectivity index (χ1) is 9.06. The molecule has 1 unspecified atom stereocenters. The summed E-state index contributed by atoms with van der Waals surface area (Å²) in [4.78, 5) is 38.1. The van der Waals surface area contributed by atoms with Crippen LogP contribution in [0.5, 0.6) is 0 Å². The molecule has 116 valence electrons. The topological polar surface area (TPSA) is 77.9 Å². The number of hydrogen-bond acceptors (Lipinski definition) is 3. The Kier molecular flexibility index (Phi) is 6.68. The van der Waals surface area contributed by atoms with Crippen molar-refractivity contribution in [3.05, 3.63) is 0 Å². The highest BCUT2D eigenvalue weighted by Gasteiger charge is 2.39. The number of nitrogens with zero attached hydrogens (tertiary/aromatic N) is 2. The number of likely N-dealkylation sites (N-methyl/N-ethyl adjacent to an activating group) is 2. The molecule has 0 fully saturated rings. The number of carbonyl (C=O) groups excluding carboxylic acids is 2. The van der Waals surface area contributed by atoms with Crippen molar-refractivity contribution >= 4 is 17.8 Å². The molecule has 1 atom stereocenters. The van der Waals surface area contributed by atoms with E-state index in [4.69, 9.17) is 0 Å². The first-order valence-corrected chi connectivity index (χ1v) is 6.77. The van der Waals surface area contributed by atoms with Gasteiger partial charge in [-0.15, -0.1) is 0 Å². The molecule has 6 heteroatoms. The van der Waals surface area contributed by atoms with Crippen LogP contribution in [0, 0.1) is 11.3 Å². The maximum atomic E-state index is 12.2. The van der Waals surface area contributed by atoms with E-state index in [2.05, 4.69) is 0 Å². The summed E-state index contributed by atoms with van der Waals surface area (Å²) in [5, 5.41) is 9.33. The van der Waals surface area contributed by atoms with Crippen molar-refractivity contribution < 1.29 is 19.5 Å². The Balaban J connectivity index is 4.94. The van der Waals surface area contributed by atoms with E-state index in [0.29, 0.717) is 6.54 Å². The first kappa shape index (κ1) is 18.4. The van der Waals surface area contributed by atoms with Crippen LogP contribution in [0.4, 0.5) is 0 Å². The van der Waals surface area contributed by atoms with Crippen molar-refractivity contribution in [1.29, 1.82) is 0 Å². The highest BCUT2D eigenvalue weighted by atomic mass is 16.4. The minimum atomic E-state index is -1.12. The van der Waals surface area contributed by atoms with Crippen LogP contribution in [0.3, 0.4) is 0 Å². The van der Waals surface area contributed by atoms with Gasteiger partial charge in [-0.2, -0.15) is 0 Å². The van der Waals surface area contributed by atoms with Crippen LogP contribution in [0.2, 0.25) is 0 Å². The van der Waals surface area contributed by atoms with E-state index in [-0.39, 0.29) is 30.7 Å². The van der Waals surface area contributed by atoms with Crippen molar-refractivity contribution in [2.24, 2.45) is 11.3 Å². The Morgan fingerprint density at radius 2 is 1.65 bits per heavy atom. The van der Waals surface area contributed by atoms with Gasteiger partial charge in [0.25, 0.3) is 0 Å². The summed E-state index contributed by atoms with van der Waals surface area (Å²) >= 11 is 0. The van der Waals surface area contributed by atoms with Gasteiger partial charge < -0.3 is 14.9 Å².